The minimum absolute atomic E-state index is 0.297. The zero-order chi connectivity index (χ0) is 15.5. The second-order valence-electron chi connectivity index (χ2n) is 4.59. The highest BCUT2D eigenvalue weighted by Crippen LogP contribution is 2.28. The van der Waals surface area contributed by atoms with Crippen LogP contribution in [0.25, 0.3) is 5.69 Å². The Morgan fingerprint density at radius 3 is 2.73 bits per heavy atom. The van der Waals surface area contributed by atoms with Crippen molar-refractivity contribution in [3.05, 3.63) is 76.4 Å². The van der Waals surface area contributed by atoms with Crippen LogP contribution in [-0.2, 0) is 5.75 Å². The number of imidazole rings is 1. The van der Waals surface area contributed by atoms with E-state index in [0.717, 1.165) is 10.7 Å². The lowest BCUT2D eigenvalue weighted by Crippen LogP contribution is -1.89. The van der Waals surface area contributed by atoms with E-state index in [4.69, 9.17) is 23.2 Å². The summed E-state index contributed by atoms with van der Waals surface area (Å²) < 4.78 is 15.6. The molecule has 3 aromatic rings. The first-order valence-electron chi connectivity index (χ1n) is 6.49. The molecule has 0 atom stereocenters. The molecule has 2 nitrogen and oxygen atoms in total. The van der Waals surface area contributed by atoms with Crippen LogP contribution < -0.4 is 0 Å². The van der Waals surface area contributed by atoms with Gasteiger partial charge >= 0.3 is 0 Å². The first-order chi connectivity index (χ1) is 10.6. The largest absolute Gasteiger partial charge is 0.305 e. The number of rotatable bonds is 4. The topological polar surface area (TPSA) is 17.8 Å². The number of aromatic nitrogens is 2. The van der Waals surface area contributed by atoms with Gasteiger partial charge < -0.3 is 4.57 Å². The van der Waals surface area contributed by atoms with Crippen LogP contribution in [0.2, 0.25) is 10.0 Å². The molecule has 0 fully saturated rings. The van der Waals surface area contributed by atoms with E-state index in [1.165, 1.54) is 17.8 Å². The summed E-state index contributed by atoms with van der Waals surface area (Å²) in [6.07, 6.45) is 3.59. The third kappa shape index (κ3) is 3.46. The first-order valence-corrected chi connectivity index (χ1v) is 8.23. The zero-order valence-corrected chi connectivity index (χ0v) is 13.7. The van der Waals surface area contributed by atoms with Crippen LogP contribution in [0.15, 0.2) is 60.0 Å². The Kier molecular flexibility index (Phi) is 4.71. The lowest BCUT2D eigenvalue weighted by molar-refractivity contribution is 0.617. The van der Waals surface area contributed by atoms with E-state index in [9.17, 15) is 4.39 Å². The van der Waals surface area contributed by atoms with Gasteiger partial charge in [-0.2, -0.15) is 0 Å². The number of hydrogen-bond donors (Lipinski definition) is 0. The van der Waals surface area contributed by atoms with Gasteiger partial charge in [-0.15, -0.1) is 0 Å². The first kappa shape index (κ1) is 15.4. The summed E-state index contributed by atoms with van der Waals surface area (Å²) in [6.45, 7) is 0. The van der Waals surface area contributed by atoms with E-state index >= 15 is 0 Å². The summed E-state index contributed by atoms with van der Waals surface area (Å²) in [6, 6.07) is 12.2. The Morgan fingerprint density at radius 1 is 1.14 bits per heavy atom. The third-order valence-corrected chi connectivity index (χ3v) is 4.62. The quantitative estimate of drug-likeness (QED) is 0.568. The van der Waals surface area contributed by atoms with E-state index in [2.05, 4.69) is 4.98 Å². The summed E-state index contributed by atoms with van der Waals surface area (Å²) >= 11 is 13.4. The fourth-order valence-corrected chi connectivity index (χ4v) is 3.36. The molecule has 2 aromatic carbocycles. The lowest BCUT2D eigenvalue weighted by atomic mass is 10.2. The molecule has 0 bridgehead atoms. The summed E-state index contributed by atoms with van der Waals surface area (Å²) in [4.78, 5) is 4.31. The van der Waals surface area contributed by atoms with Gasteiger partial charge in [-0.25, -0.2) is 9.37 Å². The van der Waals surface area contributed by atoms with Crippen molar-refractivity contribution in [3.63, 3.8) is 0 Å². The number of halogens is 3. The molecule has 1 heterocycles. The van der Waals surface area contributed by atoms with Gasteiger partial charge in [0.15, 0.2) is 0 Å². The van der Waals surface area contributed by atoms with Crippen LogP contribution in [-0.4, -0.2) is 9.55 Å². The molecule has 0 N–H and O–H groups in total. The highest BCUT2D eigenvalue weighted by Gasteiger charge is 2.09. The van der Waals surface area contributed by atoms with Crippen molar-refractivity contribution in [1.29, 1.82) is 0 Å². The molecule has 112 valence electrons. The highest BCUT2D eigenvalue weighted by molar-refractivity contribution is 7.98. The van der Waals surface area contributed by atoms with Crippen LogP contribution >= 0.6 is 35.0 Å². The van der Waals surface area contributed by atoms with E-state index < -0.39 is 0 Å². The molecule has 0 amide bonds. The molecule has 22 heavy (non-hydrogen) atoms. The highest BCUT2D eigenvalue weighted by atomic mass is 35.5. The minimum Gasteiger partial charge on any atom is -0.305 e. The van der Waals surface area contributed by atoms with E-state index in [0.29, 0.717) is 21.4 Å². The number of benzene rings is 2. The standard InChI is InChI=1S/C16H11Cl2FN2S/c17-11-3-1-4-12(7-11)21-8-16(20-10-21)22-9-13-14(18)5-2-6-15(13)19/h1-8,10H,9H2. The van der Waals surface area contributed by atoms with Crippen molar-refractivity contribution < 1.29 is 4.39 Å². The molecule has 0 saturated heterocycles. The molecule has 1 aromatic heterocycles. The summed E-state index contributed by atoms with van der Waals surface area (Å²) in [7, 11) is 0. The Labute approximate surface area is 141 Å². The predicted octanol–water partition coefficient (Wildman–Crippen LogP) is 5.61. The van der Waals surface area contributed by atoms with Gasteiger partial charge in [-0.1, -0.05) is 47.1 Å². The van der Waals surface area contributed by atoms with Crippen LogP contribution in [0.1, 0.15) is 5.56 Å². The van der Waals surface area contributed by atoms with Crippen LogP contribution in [0.5, 0.6) is 0 Å². The number of nitrogens with zero attached hydrogens (tertiary/aromatic N) is 2. The third-order valence-electron chi connectivity index (χ3n) is 3.09. The van der Waals surface area contributed by atoms with Crippen molar-refractivity contribution in [2.75, 3.05) is 0 Å². The Bertz CT molecular complexity index is 784. The molecule has 0 aliphatic heterocycles. The molecule has 0 aliphatic carbocycles. The van der Waals surface area contributed by atoms with E-state index in [1.807, 2.05) is 35.0 Å². The average Bonchev–Trinajstić information content (AvgIpc) is 2.96. The van der Waals surface area contributed by atoms with Crippen molar-refractivity contribution in [1.82, 2.24) is 9.55 Å². The summed E-state index contributed by atoms with van der Waals surface area (Å²) in [5.74, 6) is 0.132. The molecule has 3 rings (SSSR count). The predicted molar refractivity (Wildman–Crippen MR) is 89.5 cm³/mol. The molecule has 0 spiro atoms. The Morgan fingerprint density at radius 2 is 1.95 bits per heavy atom. The fourth-order valence-electron chi connectivity index (χ4n) is 1.97. The SMILES string of the molecule is Fc1cccc(Cl)c1CSc1cn(-c2cccc(Cl)c2)cn1. The summed E-state index contributed by atoms with van der Waals surface area (Å²) in [5.41, 5.74) is 1.42. The second kappa shape index (κ2) is 6.73. The van der Waals surface area contributed by atoms with Crippen molar-refractivity contribution >= 4 is 35.0 Å². The zero-order valence-electron chi connectivity index (χ0n) is 11.3. The molecule has 0 saturated carbocycles. The van der Waals surface area contributed by atoms with Crippen LogP contribution in [0.4, 0.5) is 4.39 Å². The van der Waals surface area contributed by atoms with Crippen LogP contribution in [0, 0.1) is 5.82 Å². The van der Waals surface area contributed by atoms with Crippen molar-refractivity contribution in [2.45, 2.75) is 10.8 Å². The smallest absolute Gasteiger partial charge is 0.128 e. The molecular weight excluding hydrogens is 342 g/mol. The lowest BCUT2D eigenvalue weighted by Gasteiger charge is -2.04. The number of hydrogen-bond acceptors (Lipinski definition) is 2. The van der Waals surface area contributed by atoms with Gasteiger partial charge in [0.05, 0.1) is 0 Å². The summed E-state index contributed by atoms with van der Waals surface area (Å²) in [5, 5.41) is 1.89. The Hall–Kier alpha value is -1.49. The van der Waals surface area contributed by atoms with E-state index in [-0.39, 0.29) is 5.82 Å². The van der Waals surface area contributed by atoms with Gasteiger partial charge in [-0.3, -0.25) is 0 Å². The second-order valence-corrected chi connectivity index (χ2v) is 6.43. The number of thioether (sulfide) groups is 1. The van der Waals surface area contributed by atoms with E-state index in [1.54, 1.807) is 18.5 Å². The minimum atomic E-state index is -0.297. The monoisotopic (exact) mass is 352 g/mol. The molecular formula is C16H11Cl2FN2S. The normalized spacial score (nSPS) is 10.9. The van der Waals surface area contributed by atoms with Gasteiger partial charge in [0, 0.05) is 33.2 Å². The van der Waals surface area contributed by atoms with Gasteiger partial charge in [0.25, 0.3) is 0 Å². The van der Waals surface area contributed by atoms with Gasteiger partial charge in [0.1, 0.15) is 17.2 Å². The molecule has 0 unspecified atom stereocenters. The molecule has 6 heteroatoms. The Balaban J connectivity index is 1.75. The maximum Gasteiger partial charge on any atom is 0.128 e. The molecule has 0 aliphatic rings. The van der Waals surface area contributed by atoms with Crippen LogP contribution in [0.3, 0.4) is 0 Å². The van der Waals surface area contributed by atoms with Crippen molar-refractivity contribution in [3.8, 4) is 5.69 Å². The maximum atomic E-state index is 13.7. The van der Waals surface area contributed by atoms with Gasteiger partial charge in [0.2, 0.25) is 0 Å². The maximum absolute atomic E-state index is 13.7. The van der Waals surface area contributed by atoms with Gasteiger partial charge in [-0.05, 0) is 30.3 Å². The average molecular weight is 353 g/mol. The van der Waals surface area contributed by atoms with Crippen molar-refractivity contribution in [2.24, 2.45) is 0 Å². The molecule has 0 radical (unpaired) electrons. The fraction of sp³-hybridized carbons (Fsp3) is 0.0625.